The summed E-state index contributed by atoms with van der Waals surface area (Å²) in [6, 6.07) is 27.2. The van der Waals surface area contributed by atoms with E-state index in [9.17, 15) is 30.6 Å². The third kappa shape index (κ3) is 111. The van der Waals surface area contributed by atoms with Crippen molar-refractivity contribution >= 4 is 23.9 Å². The molecule has 0 aromatic heterocycles. The number of aliphatic carboxylic acids is 4. The van der Waals surface area contributed by atoms with E-state index < -0.39 is 46.3 Å². The molecule has 8 N–H and O–H groups in total. The van der Waals surface area contributed by atoms with E-state index in [0.717, 1.165) is 27.7 Å². The van der Waals surface area contributed by atoms with Crippen LogP contribution in [-0.2, 0) is 131 Å². The summed E-state index contributed by atoms with van der Waals surface area (Å²) in [6.07, 6.45) is -1.81. The second-order valence-corrected chi connectivity index (χ2v) is 14.9. The average molecular weight is 1960 g/mol. The number of hydrogen-bond acceptors (Lipinski definition) is 36. The van der Waals surface area contributed by atoms with Gasteiger partial charge in [0.2, 0.25) is 0 Å². The third-order valence-corrected chi connectivity index (χ3v) is 7.87. The van der Waals surface area contributed by atoms with Crippen LogP contribution in [0.4, 0.5) is 0 Å². The molecule has 0 heterocycles. The Morgan fingerprint density at radius 1 is 0.394 bits per heavy atom. The zero-order valence-corrected chi connectivity index (χ0v) is 62.7. The van der Waals surface area contributed by atoms with Crippen molar-refractivity contribution < 1.29 is 282 Å². The van der Waals surface area contributed by atoms with Crippen molar-refractivity contribution in [2.75, 3.05) is 54.6 Å². The molecule has 38 nitrogen and oxygen atoms in total. The maximum atomic E-state index is 12.0. The summed E-state index contributed by atoms with van der Waals surface area (Å²) in [5.41, 5.74) is 2.21. The Hall–Kier alpha value is -5.76. The van der Waals surface area contributed by atoms with Gasteiger partial charge in [-0.15, -0.1) is 12.2 Å². The molecule has 4 aromatic rings. The van der Waals surface area contributed by atoms with Crippen molar-refractivity contribution in [3.8, 4) is 70.3 Å². The number of carbonyl (C=O) groups is 4. The number of rotatable bonds is 20. The predicted octanol–water partition coefficient (Wildman–Crippen LogP) is -5.13. The maximum Gasteiger partial charge on any atom is 3.00 e. The van der Waals surface area contributed by atoms with Gasteiger partial charge in [0.05, 0.1) is 62.9 Å². The van der Waals surface area contributed by atoms with E-state index in [4.69, 9.17) is 110 Å². The molecule has 99 heavy (non-hydrogen) atoms. The van der Waals surface area contributed by atoms with Crippen LogP contribution in [0.3, 0.4) is 0 Å². The molecule has 0 atom stereocenters. The first-order valence-electron chi connectivity index (χ1n) is 24.2. The largest absolute Gasteiger partial charge is 3.00 e. The molecule has 0 aliphatic heterocycles. The number of carbonyl (C=O) groups excluding carboxylic acids is 4. The van der Waals surface area contributed by atoms with Gasteiger partial charge in [-0.3, -0.25) is 0 Å². The number of nitrogens with one attached hydrogen (secondary N) is 4. The minimum atomic E-state index is -1.75. The molecule has 0 unspecified atom stereocenters. The minimum Gasteiger partial charge on any atom is -0.870 e. The van der Waals surface area contributed by atoms with Crippen molar-refractivity contribution in [3.63, 3.8) is 0 Å². The van der Waals surface area contributed by atoms with Crippen molar-refractivity contribution in [2.45, 2.75) is 93.8 Å². The molecule has 4 rings (SSSR count). The predicted molar refractivity (Wildman–Crippen MR) is 301 cm³/mol. The van der Waals surface area contributed by atoms with Gasteiger partial charge in [-0.2, -0.15) is 21.0 Å². The van der Waals surface area contributed by atoms with Crippen molar-refractivity contribution in [3.05, 3.63) is 126 Å². The third-order valence-electron chi connectivity index (χ3n) is 7.87. The number of para-hydroxylation sites is 4. The Morgan fingerprint density at radius 3 is 0.606 bits per heavy atom. The van der Waals surface area contributed by atoms with E-state index in [-0.39, 0.29) is 255 Å². The zero-order valence-electron chi connectivity index (χ0n) is 54.1. The first-order chi connectivity index (χ1) is 41.2. The Kier molecular flexibility index (Phi) is 150. The van der Waals surface area contributed by atoms with Crippen LogP contribution in [0, 0.1) is 151 Å². The van der Waals surface area contributed by atoms with Crippen LogP contribution in [0.1, 0.15) is 77.6 Å². The summed E-state index contributed by atoms with van der Waals surface area (Å²) in [5.74, 6) is -3.89. The molecule has 0 bridgehead atoms. The second-order valence-electron chi connectivity index (χ2n) is 14.9. The van der Waals surface area contributed by atoms with Gasteiger partial charge >= 0.3 is 161 Å². The smallest absolute Gasteiger partial charge is 0.870 e. The van der Waals surface area contributed by atoms with Gasteiger partial charge in [0.1, 0.15) is 23.0 Å². The van der Waals surface area contributed by atoms with E-state index in [0.29, 0.717) is 48.4 Å². The van der Waals surface area contributed by atoms with Gasteiger partial charge < -0.3 is 163 Å². The van der Waals surface area contributed by atoms with Crippen LogP contribution in [-0.4, -0.2) is 123 Å². The molecule has 0 fully saturated rings. The Labute approximate surface area is 685 Å². The number of hydrogen-bond donors (Lipinski definition) is 4. The van der Waals surface area contributed by atoms with E-state index in [1.807, 2.05) is 0 Å². The van der Waals surface area contributed by atoms with Gasteiger partial charge in [-0.25, -0.2) is 0 Å². The summed E-state index contributed by atoms with van der Waals surface area (Å²) in [7, 11) is 5.79. The molecular weight excluding hydrogens is 1880 g/mol. The van der Waals surface area contributed by atoms with E-state index in [2.05, 4.69) is 21.3 Å². The van der Waals surface area contributed by atoms with Crippen molar-refractivity contribution in [1.82, 2.24) is 21.3 Å². The summed E-state index contributed by atoms with van der Waals surface area (Å²) in [4.78, 5) is 52.1. The van der Waals surface area contributed by atoms with Crippen LogP contribution >= 0.6 is 0 Å². The summed E-state index contributed by atoms with van der Waals surface area (Å²) in [5, 5.41) is 178. The normalized spacial score (nSPS) is 7.56. The standard InChI is InChI=1S/2C19H25N2O5.4C2H3N.4C2H4O2.5Cu.2Ho.2NO3.4H2O/c2*1-25-16-7-3-5-13(18(16)23)9-20-11-15(22)12-21-10-14-6-4-8-17(26-2)19(14)24;4*1-2-3;4*1-2(3)4;;;;;;;;2*2-1(3)4;;;;/h2*3-8,15,20-21,23-24H,9-12H2,1-2H3;4*1H3;4*1H3,(H,3,4);;;;;;;;;;4*1H2/q2*-1;;;;;;;;;5*+2;2*+3;2*-1;;;;/p-12. The number of benzene rings is 4. The summed E-state index contributed by atoms with van der Waals surface area (Å²) < 4.78 is 20.0. The fourth-order valence-electron chi connectivity index (χ4n) is 5.06. The zero-order chi connectivity index (χ0) is 70.2. The maximum absolute atomic E-state index is 12.0. The number of nitrogens with zero attached hydrogens (tertiary/aromatic N) is 6. The molecule has 0 saturated carbocycles. The Morgan fingerprint density at radius 2 is 0.505 bits per heavy atom. The van der Waals surface area contributed by atoms with Crippen LogP contribution in [0.5, 0.6) is 46.0 Å². The first-order valence-corrected chi connectivity index (χ1v) is 24.2. The monoisotopic (exact) mass is 1950 g/mol. The van der Waals surface area contributed by atoms with Crippen molar-refractivity contribution in [2.24, 2.45) is 0 Å². The summed E-state index contributed by atoms with van der Waals surface area (Å²) in [6.45, 7) is 11.6. The number of ether oxygens (including phenoxy) is 4. The SMILES string of the molecule is CC#N.CC#N.CC#N.CC#N.CC(=O)[O-].CC(=O)[O-].CC(=O)[O-].CC(=O)[O-].COc1cccc(CNCC([O-])CNCc2cccc(OC)c2[O-])c1[O-].COc1cccc(CNCC([O-])CNCc2cccc(OC)c2[O-])c1[O-].O=[N+]([O-])[O-].O=[N+]([O-])[O-].[Cu+2].[Cu+2].[Cu+2].[Cu+2].[Cu+2].[Ho+3].[Ho+3].[OH-].[OH-].[OH-].[OH-]. The van der Waals surface area contributed by atoms with E-state index in [1.165, 1.54) is 56.1 Å². The van der Waals surface area contributed by atoms with Gasteiger partial charge in [-0.1, -0.05) is 71.5 Å². The topological polar surface area (TPSA) is 731 Å². The Bertz CT molecular complexity index is 2340. The fraction of sp³-hybridized carbons (Fsp3) is 0.407. The van der Waals surface area contributed by atoms with Gasteiger partial charge in [0, 0.05) is 77.8 Å². The van der Waals surface area contributed by atoms with Crippen LogP contribution in [0.25, 0.3) is 0 Å². The molecule has 4 aromatic carbocycles. The molecule has 0 aliphatic rings. The number of nitriles is 4. The molecule has 585 valence electrons. The average Bonchev–Trinajstić information content (AvgIpc) is 0.938. The number of carboxylic acid groups (broad SMARTS) is 4. The minimum absolute atomic E-state index is 0. The second kappa shape index (κ2) is 103. The van der Waals surface area contributed by atoms with Crippen LogP contribution in [0.2, 0.25) is 0 Å². The molecule has 0 aliphatic carbocycles. The molecular formula is C54H74Cu5Ho2N10O28. The number of carboxylic acids is 4. The molecule has 5 radical (unpaired) electrons. The van der Waals surface area contributed by atoms with E-state index >= 15 is 0 Å². The quantitative estimate of drug-likeness (QED) is 0.0365. The molecule has 0 saturated heterocycles. The van der Waals surface area contributed by atoms with Gasteiger partial charge in [0.25, 0.3) is 0 Å². The first kappa shape index (κ1) is 144. The van der Waals surface area contributed by atoms with Crippen LogP contribution in [0.15, 0.2) is 72.8 Å². The van der Waals surface area contributed by atoms with Crippen LogP contribution < -0.4 is 91.3 Å². The molecule has 0 spiro atoms. The Balaban J connectivity index is -0.0000000476. The fourth-order valence-corrected chi connectivity index (χ4v) is 5.06. The molecule has 0 amide bonds. The van der Waals surface area contributed by atoms with Gasteiger partial charge in [0.15, 0.2) is 0 Å². The van der Waals surface area contributed by atoms with Gasteiger partial charge in [-0.05, 0) is 100 Å². The molecule has 45 heteroatoms. The van der Waals surface area contributed by atoms with Crippen molar-refractivity contribution in [1.29, 1.82) is 21.0 Å². The van der Waals surface area contributed by atoms with E-state index in [1.54, 1.807) is 97.1 Å². The number of methoxy groups -OCH3 is 4. The summed E-state index contributed by atoms with van der Waals surface area (Å²) >= 11 is 0.